The van der Waals surface area contributed by atoms with Crippen molar-refractivity contribution in [1.82, 2.24) is 0 Å². The Kier molecular flexibility index (Phi) is 5.41. The van der Waals surface area contributed by atoms with Gasteiger partial charge in [0.2, 0.25) is 0 Å². The molecule has 0 atom stereocenters. The van der Waals surface area contributed by atoms with E-state index in [2.05, 4.69) is 0 Å². The molecule has 20 heavy (non-hydrogen) atoms. The Morgan fingerprint density at radius 1 is 1.05 bits per heavy atom. The van der Waals surface area contributed by atoms with E-state index in [0.29, 0.717) is 34.0 Å². The molecule has 0 saturated heterocycles. The van der Waals surface area contributed by atoms with Gasteiger partial charge in [-0.2, -0.15) is 0 Å². The zero-order chi connectivity index (χ0) is 14.5. The summed E-state index contributed by atoms with van der Waals surface area (Å²) in [6.45, 7) is 0.320. The van der Waals surface area contributed by atoms with E-state index in [9.17, 15) is 0 Å². The Labute approximate surface area is 133 Å². The molecule has 5 heteroatoms. The van der Waals surface area contributed by atoms with Gasteiger partial charge in [0.25, 0.3) is 0 Å². The van der Waals surface area contributed by atoms with Crippen LogP contribution in [0.3, 0.4) is 0 Å². The summed E-state index contributed by atoms with van der Waals surface area (Å²) < 4.78 is 11.1. The molecule has 2 rings (SSSR count). The highest BCUT2D eigenvalue weighted by atomic mass is 35.5. The summed E-state index contributed by atoms with van der Waals surface area (Å²) in [5.41, 5.74) is 1.72. The lowest BCUT2D eigenvalue weighted by atomic mass is 10.2. The Morgan fingerprint density at radius 2 is 1.85 bits per heavy atom. The minimum Gasteiger partial charge on any atom is -0.493 e. The van der Waals surface area contributed by atoms with Crippen molar-refractivity contribution in [2.45, 2.75) is 12.5 Å². The molecular weight excluding hydrogens is 319 g/mol. The molecule has 0 aromatic heterocycles. The fourth-order valence-electron chi connectivity index (χ4n) is 1.78. The largest absolute Gasteiger partial charge is 0.493 e. The molecule has 0 N–H and O–H groups in total. The van der Waals surface area contributed by atoms with Crippen LogP contribution in [0.15, 0.2) is 36.4 Å². The maximum absolute atomic E-state index is 6.12. The summed E-state index contributed by atoms with van der Waals surface area (Å²) in [4.78, 5) is 0. The molecule has 2 aromatic rings. The first-order valence-corrected chi connectivity index (χ1v) is 7.23. The van der Waals surface area contributed by atoms with Crippen LogP contribution in [0.2, 0.25) is 10.0 Å². The smallest absolute Gasteiger partial charge is 0.166 e. The molecule has 0 aliphatic heterocycles. The highest BCUT2D eigenvalue weighted by molar-refractivity contribution is 6.35. The molecule has 0 radical (unpaired) electrons. The van der Waals surface area contributed by atoms with Crippen molar-refractivity contribution in [1.29, 1.82) is 0 Å². The van der Waals surface area contributed by atoms with Crippen molar-refractivity contribution < 1.29 is 9.47 Å². The Morgan fingerprint density at radius 3 is 2.50 bits per heavy atom. The number of benzene rings is 2. The van der Waals surface area contributed by atoms with Gasteiger partial charge in [0.05, 0.1) is 13.0 Å². The minimum absolute atomic E-state index is 0.320. The number of hydrogen-bond donors (Lipinski definition) is 0. The number of methoxy groups -OCH3 is 1. The van der Waals surface area contributed by atoms with Crippen LogP contribution in [-0.4, -0.2) is 7.11 Å². The monoisotopic (exact) mass is 330 g/mol. The van der Waals surface area contributed by atoms with Gasteiger partial charge < -0.3 is 9.47 Å². The molecule has 0 amide bonds. The van der Waals surface area contributed by atoms with Gasteiger partial charge in [-0.25, -0.2) is 0 Å². The van der Waals surface area contributed by atoms with E-state index in [-0.39, 0.29) is 0 Å². The van der Waals surface area contributed by atoms with Crippen LogP contribution in [0.25, 0.3) is 0 Å². The maximum Gasteiger partial charge on any atom is 0.166 e. The van der Waals surface area contributed by atoms with E-state index in [1.807, 2.05) is 24.3 Å². The van der Waals surface area contributed by atoms with Gasteiger partial charge in [-0.05, 0) is 18.2 Å². The molecule has 2 nitrogen and oxygen atoms in total. The van der Waals surface area contributed by atoms with Crippen LogP contribution in [0.1, 0.15) is 11.1 Å². The predicted molar refractivity (Wildman–Crippen MR) is 83.3 cm³/mol. The third kappa shape index (κ3) is 3.51. The summed E-state index contributed by atoms with van der Waals surface area (Å²) in [5, 5.41) is 1.16. The van der Waals surface area contributed by atoms with Gasteiger partial charge in [-0.15, -0.1) is 11.6 Å². The van der Waals surface area contributed by atoms with Crippen LogP contribution in [0.5, 0.6) is 11.5 Å². The molecule has 0 unspecified atom stereocenters. The zero-order valence-electron chi connectivity index (χ0n) is 10.8. The van der Waals surface area contributed by atoms with Crippen LogP contribution < -0.4 is 9.47 Å². The molecule has 0 saturated carbocycles. The first-order chi connectivity index (χ1) is 9.65. The van der Waals surface area contributed by atoms with Gasteiger partial charge in [0, 0.05) is 21.2 Å². The Bertz CT molecular complexity index is 577. The number of ether oxygens (including phenoxy) is 2. The second-order valence-corrected chi connectivity index (χ2v) is 5.22. The number of hydrogen-bond acceptors (Lipinski definition) is 2. The van der Waals surface area contributed by atoms with E-state index in [0.717, 1.165) is 11.1 Å². The topological polar surface area (TPSA) is 18.5 Å². The number of halogens is 3. The lowest BCUT2D eigenvalue weighted by Crippen LogP contribution is -2.01. The highest BCUT2D eigenvalue weighted by Gasteiger charge is 2.11. The van der Waals surface area contributed by atoms with Gasteiger partial charge >= 0.3 is 0 Å². The fraction of sp³-hybridized carbons (Fsp3) is 0.200. The lowest BCUT2D eigenvalue weighted by molar-refractivity contribution is 0.282. The summed E-state index contributed by atoms with van der Waals surface area (Å²) in [6, 6.07) is 10.9. The van der Waals surface area contributed by atoms with E-state index < -0.39 is 0 Å². The van der Waals surface area contributed by atoms with Crippen molar-refractivity contribution in [3.05, 3.63) is 57.6 Å². The van der Waals surface area contributed by atoms with Gasteiger partial charge in [-0.3, -0.25) is 0 Å². The van der Waals surface area contributed by atoms with Crippen molar-refractivity contribution in [3.8, 4) is 11.5 Å². The van der Waals surface area contributed by atoms with E-state index >= 15 is 0 Å². The average Bonchev–Trinajstić information content (AvgIpc) is 2.46. The van der Waals surface area contributed by atoms with E-state index in [1.165, 1.54) is 0 Å². The van der Waals surface area contributed by atoms with Gasteiger partial charge in [0.1, 0.15) is 6.61 Å². The molecule has 0 bridgehead atoms. The average molecular weight is 332 g/mol. The summed E-state index contributed by atoms with van der Waals surface area (Å²) in [7, 11) is 1.59. The predicted octanol–water partition coefficient (Wildman–Crippen LogP) is 5.32. The molecule has 0 aliphatic rings. The second kappa shape index (κ2) is 7.07. The first-order valence-electron chi connectivity index (χ1n) is 5.94. The number of para-hydroxylation sites is 1. The van der Waals surface area contributed by atoms with Gasteiger partial charge in [-0.1, -0.05) is 41.4 Å². The fourth-order valence-corrected chi connectivity index (χ4v) is 2.45. The minimum atomic E-state index is 0.320. The normalized spacial score (nSPS) is 10.4. The molecule has 106 valence electrons. The van der Waals surface area contributed by atoms with Crippen LogP contribution in [0.4, 0.5) is 0 Å². The van der Waals surface area contributed by atoms with Gasteiger partial charge in [0.15, 0.2) is 11.5 Å². The molecule has 0 aliphatic carbocycles. The molecule has 2 aromatic carbocycles. The van der Waals surface area contributed by atoms with Crippen LogP contribution in [0, 0.1) is 0 Å². The number of rotatable bonds is 5. The maximum atomic E-state index is 6.12. The highest BCUT2D eigenvalue weighted by Crippen LogP contribution is 2.33. The Hall–Kier alpha value is -1.09. The summed E-state index contributed by atoms with van der Waals surface area (Å²) >= 11 is 17.9. The zero-order valence-corrected chi connectivity index (χ0v) is 13.1. The molecule has 0 fully saturated rings. The third-order valence-electron chi connectivity index (χ3n) is 2.81. The van der Waals surface area contributed by atoms with E-state index in [1.54, 1.807) is 19.2 Å². The molecule has 0 spiro atoms. The summed E-state index contributed by atoms with van der Waals surface area (Å²) in [5.74, 6) is 1.63. The van der Waals surface area contributed by atoms with Crippen LogP contribution in [-0.2, 0) is 12.5 Å². The quantitative estimate of drug-likeness (QED) is 0.690. The van der Waals surface area contributed by atoms with E-state index in [4.69, 9.17) is 44.3 Å². The first kappa shape index (κ1) is 15.3. The summed E-state index contributed by atoms with van der Waals surface area (Å²) in [6.07, 6.45) is 0. The second-order valence-electron chi connectivity index (χ2n) is 4.11. The Balaban J connectivity index is 2.22. The number of alkyl halides is 1. The van der Waals surface area contributed by atoms with Crippen molar-refractivity contribution in [2.75, 3.05) is 7.11 Å². The molecular formula is C15H13Cl3O2. The SMILES string of the molecule is COc1cccc(CCl)c1OCc1ccc(Cl)cc1Cl. The lowest BCUT2D eigenvalue weighted by Gasteiger charge is -2.14. The van der Waals surface area contributed by atoms with Crippen LogP contribution >= 0.6 is 34.8 Å². The van der Waals surface area contributed by atoms with Crippen molar-refractivity contribution >= 4 is 34.8 Å². The standard InChI is InChI=1S/C15H13Cl3O2/c1-19-14-4-2-3-10(8-16)15(14)20-9-11-5-6-12(17)7-13(11)18/h2-7H,8-9H2,1H3. The van der Waals surface area contributed by atoms with Crippen molar-refractivity contribution in [2.24, 2.45) is 0 Å². The molecule has 0 heterocycles. The van der Waals surface area contributed by atoms with Crippen molar-refractivity contribution in [3.63, 3.8) is 0 Å². The third-order valence-corrected chi connectivity index (χ3v) is 3.69.